The molecule has 0 aromatic carbocycles. The first kappa shape index (κ1) is 11.7. The molecule has 0 amide bonds. The molecule has 0 fully saturated rings. The quantitative estimate of drug-likeness (QED) is 0.602. The van der Waals surface area contributed by atoms with Crippen LogP contribution in [-0.4, -0.2) is 12.3 Å². The highest BCUT2D eigenvalue weighted by atomic mass is 127. The lowest BCUT2D eigenvalue weighted by atomic mass is 10.3. The van der Waals surface area contributed by atoms with Gasteiger partial charge in [0.15, 0.2) is 5.78 Å². The SMILES string of the molecule is C=C(NCC)C(C)=O.I.[HH]. The zero-order chi connectivity index (χ0) is 6.57. The first-order valence-corrected chi connectivity index (χ1v) is 2.62. The summed E-state index contributed by atoms with van der Waals surface area (Å²) >= 11 is 0. The molecule has 9 heavy (non-hydrogen) atoms. The molecule has 56 valence electrons. The summed E-state index contributed by atoms with van der Waals surface area (Å²) in [5.41, 5.74) is 0.493. The van der Waals surface area contributed by atoms with E-state index in [-0.39, 0.29) is 31.2 Å². The summed E-state index contributed by atoms with van der Waals surface area (Å²) in [5, 5.41) is 2.80. The average Bonchev–Trinajstić information content (AvgIpc) is 1.67. The average molecular weight is 243 g/mol. The topological polar surface area (TPSA) is 29.1 Å². The van der Waals surface area contributed by atoms with Crippen LogP contribution in [-0.2, 0) is 4.79 Å². The molecule has 0 heterocycles. The number of rotatable bonds is 3. The van der Waals surface area contributed by atoms with Crippen molar-refractivity contribution < 1.29 is 6.22 Å². The number of hydrogen-bond acceptors (Lipinski definition) is 2. The van der Waals surface area contributed by atoms with E-state index < -0.39 is 0 Å². The molecule has 0 saturated carbocycles. The fourth-order valence-corrected chi connectivity index (χ4v) is 0.338. The van der Waals surface area contributed by atoms with E-state index in [0.717, 1.165) is 6.54 Å². The van der Waals surface area contributed by atoms with Crippen LogP contribution in [0, 0.1) is 0 Å². The van der Waals surface area contributed by atoms with Gasteiger partial charge in [-0.1, -0.05) is 6.58 Å². The fourth-order valence-electron chi connectivity index (χ4n) is 0.338. The van der Waals surface area contributed by atoms with Crippen LogP contribution >= 0.6 is 24.0 Å². The van der Waals surface area contributed by atoms with Gasteiger partial charge in [-0.25, -0.2) is 0 Å². The van der Waals surface area contributed by atoms with E-state index in [9.17, 15) is 4.79 Å². The van der Waals surface area contributed by atoms with Gasteiger partial charge in [-0.05, 0) is 6.92 Å². The number of nitrogens with one attached hydrogen (secondary N) is 1. The zero-order valence-corrected chi connectivity index (χ0v) is 8.06. The van der Waals surface area contributed by atoms with Gasteiger partial charge in [0, 0.05) is 14.9 Å². The van der Waals surface area contributed by atoms with Gasteiger partial charge in [-0.15, -0.1) is 24.0 Å². The lowest BCUT2D eigenvalue weighted by molar-refractivity contribution is -0.113. The second-order valence-corrected chi connectivity index (χ2v) is 1.57. The van der Waals surface area contributed by atoms with Crippen molar-refractivity contribution in [3.05, 3.63) is 12.3 Å². The highest BCUT2D eigenvalue weighted by molar-refractivity contribution is 14.0. The molecule has 0 aliphatic heterocycles. The summed E-state index contributed by atoms with van der Waals surface area (Å²) in [5.74, 6) is 0.00634. The van der Waals surface area contributed by atoms with Gasteiger partial charge in [-0.3, -0.25) is 4.79 Å². The van der Waals surface area contributed by atoms with E-state index in [4.69, 9.17) is 0 Å². The number of carbonyl (C=O) groups is 1. The van der Waals surface area contributed by atoms with Crippen molar-refractivity contribution in [2.45, 2.75) is 13.8 Å². The Labute approximate surface area is 74.2 Å². The summed E-state index contributed by atoms with van der Waals surface area (Å²) in [6, 6.07) is 0. The first-order chi connectivity index (χ1) is 3.68. The van der Waals surface area contributed by atoms with Gasteiger partial charge in [-0.2, -0.15) is 0 Å². The second kappa shape index (κ2) is 6.07. The van der Waals surface area contributed by atoms with Crippen molar-refractivity contribution in [2.75, 3.05) is 6.54 Å². The van der Waals surface area contributed by atoms with Crippen LogP contribution in [0.5, 0.6) is 0 Å². The molecule has 0 aliphatic rings. The van der Waals surface area contributed by atoms with Crippen LogP contribution in [0.4, 0.5) is 0 Å². The Hall–Kier alpha value is -0.0600. The number of hydrogen-bond donors (Lipinski definition) is 1. The van der Waals surface area contributed by atoms with E-state index in [2.05, 4.69) is 11.9 Å². The number of allylic oxidation sites excluding steroid dienone is 1. The number of halogens is 1. The smallest absolute Gasteiger partial charge is 0.174 e. The Morgan fingerprint density at radius 2 is 2.22 bits per heavy atom. The molecular weight excluding hydrogens is 229 g/mol. The third-order valence-corrected chi connectivity index (χ3v) is 0.815. The molecule has 0 aromatic heterocycles. The first-order valence-electron chi connectivity index (χ1n) is 2.62. The number of likely N-dealkylation sites (N-methyl/N-ethyl adjacent to an activating group) is 1. The third kappa shape index (κ3) is 5.82. The molecule has 0 saturated heterocycles. The molecular formula is C6H14INO. The molecule has 3 heteroatoms. The predicted octanol–water partition coefficient (Wildman–Crippen LogP) is 1.56. The minimum Gasteiger partial charge on any atom is -0.383 e. The predicted molar refractivity (Wildman–Crippen MR) is 51.0 cm³/mol. The fraction of sp³-hybridized carbons (Fsp3) is 0.500. The summed E-state index contributed by atoms with van der Waals surface area (Å²) in [6.45, 7) is 7.66. The normalized spacial score (nSPS) is 7.33. The van der Waals surface area contributed by atoms with E-state index in [1.165, 1.54) is 6.92 Å². The molecule has 0 bridgehead atoms. The molecule has 0 aromatic rings. The van der Waals surface area contributed by atoms with Crippen LogP contribution in [0.1, 0.15) is 15.3 Å². The van der Waals surface area contributed by atoms with Crippen LogP contribution < -0.4 is 5.32 Å². The maximum Gasteiger partial charge on any atom is 0.174 e. The van der Waals surface area contributed by atoms with Gasteiger partial charge in [0.05, 0.1) is 5.70 Å². The Bertz CT molecular complexity index is 116. The number of ketones is 1. The van der Waals surface area contributed by atoms with Crippen molar-refractivity contribution in [1.82, 2.24) is 5.32 Å². The van der Waals surface area contributed by atoms with Gasteiger partial charge in [0.2, 0.25) is 0 Å². The Morgan fingerprint density at radius 3 is 2.33 bits per heavy atom. The van der Waals surface area contributed by atoms with E-state index in [1.54, 1.807) is 0 Å². The Kier molecular flexibility index (Phi) is 7.89. The molecule has 0 spiro atoms. The number of Topliss-reactive ketones (excluding diaryl/α,β-unsaturated/α-hetero) is 1. The standard InChI is InChI=1S/C6H11NO.HI.H2/c1-4-7-5(2)6(3)8;;/h7H,2,4H2,1,3H3;2*1H. The molecule has 0 radical (unpaired) electrons. The highest BCUT2D eigenvalue weighted by Gasteiger charge is 1.93. The maximum absolute atomic E-state index is 10.4. The van der Waals surface area contributed by atoms with Crippen molar-refractivity contribution in [2.24, 2.45) is 0 Å². The van der Waals surface area contributed by atoms with E-state index in [1.807, 2.05) is 6.92 Å². The van der Waals surface area contributed by atoms with Gasteiger partial charge < -0.3 is 5.32 Å². The van der Waals surface area contributed by atoms with Crippen LogP contribution in [0.15, 0.2) is 12.3 Å². The minimum atomic E-state index is 0. The maximum atomic E-state index is 10.4. The van der Waals surface area contributed by atoms with Gasteiger partial charge >= 0.3 is 0 Å². The lowest BCUT2D eigenvalue weighted by Gasteiger charge is -1.99. The molecule has 1 N–H and O–H groups in total. The molecule has 0 atom stereocenters. The molecule has 2 nitrogen and oxygen atoms in total. The summed E-state index contributed by atoms with van der Waals surface area (Å²) < 4.78 is 0. The largest absolute Gasteiger partial charge is 0.383 e. The van der Waals surface area contributed by atoms with Crippen molar-refractivity contribution in [3.8, 4) is 0 Å². The van der Waals surface area contributed by atoms with E-state index in [0.29, 0.717) is 5.70 Å². The number of carbonyl (C=O) groups excluding carboxylic acids is 1. The van der Waals surface area contributed by atoms with Crippen molar-refractivity contribution >= 4 is 29.8 Å². The molecule has 0 unspecified atom stereocenters. The minimum absolute atomic E-state index is 0. The molecule has 0 rings (SSSR count). The lowest BCUT2D eigenvalue weighted by Crippen LogP contribution is -2.16. The second-order valence-electron chi connectivity index (χ2n) is 1.57. The van der Waals surface area contributed by atoms with Crippen LogP contribution in [0.3, 0.4) is 0 Å². The molecule has 0 aliphatic carbocycles. The van der Waals surface area contributed by atoms with E-state index >= 15 is 0 Å². The highest BCUT2D eigenvalue weighted by Crippen LogP contribution is 1.82. The van der Waals surface area contributed by atoms with Crippen molar-refractivity contribution in [1.29, 1.82) is 0 Å². The monoisotopic (exact) mass is 243 g/mol. The zero-order valence-electron chi connectivity index (χ0n) is 5.73. The van der Waals surface area contributed by atoms with Gasteiger partial charge in [0.1, 0.15) is 0 Å². The van der Waals surface area contributed by atoms with Crippen molar-refractivity contribution in [3.63, 3.8) is 0 Å². The van der Waals surface area contributed by atoms with Gasteiger partial charge in [0.25, 0.3) is 0 Å². The third-order valence-electron chi connectivity index (χ3n) is 0.815. The Balaban J connectivity index is -0.000000245. The summed E-state index contributed by atoms with van der Waals surface area (Å²) in [7, 11) is 0. The van der Waals surface area contributed by atoms with Crippen LogP contribution in [0.25, 0.3) is 0 Å². The summed E-state index contributed by atoms with van der Waals surface area (Å²) in [4.78, 5) is 10.4. The van der Waals surface area contributed by atoms with Crippen LogP contribution in [0.2, 0.25) is 0 Å². The Morgan fingerprint density at radius 1 is 1.78 bits per heavy atom. The summed E-state index contributed by atoms with van der Waals surface area (Å²) in [6.07, 6.45) is 0.